The summed E-state index contributed by atoms with van der Waals surface area (Å²) in [5.74, 6) is -0.0825. The maximum atomic E-state index is 11.4. The highest BCUT2D eigenvalue weighted by molar-refractivity contribution is 6.22. The molecular weight excluding hydrogens is 454 g/mol. The van der Waals surface area contributed by atoms with Crippen LogP contribution in [-0.4, -0.2) is 45.3 Å². The smallest absolute Gasteiger partial charge is 0.270 e. The number of likely N-dealkylation sites (tertiary alicyclic amines) is 1. The second-order valence-electron chi connectivity index (χ2n) is 9.18. The summed E-state index contributed by atoms with van der Waals surface area (Å²) in [6.07, 6.45) is 3.26. The largest absolute Gasteiger partial charge is 0.494 e. The van der Waals surface area contributed by atoms with Gasteiger partial charge in [-0.2, -0.15) is 0 Å². The van der Waals surface area contributed by atoms with E-state index in [0.717, 1.165) is 42.9 Å². The molecule has 0 saturated carbocycles. The van der Waals surface area contributed by atoms with Crippen molar-refractivity contribution in [2.24, 2.45) is 10.7 Å². The second-order valence-corrected chi connectivity index (χ2v) is 9.18. The van der Waals surface area contributed by atoms with Crippen LogP contribution in [0.4, 0.5) is 11.4 Å². The average Bonchev–Trinajstić information content (AvgIpc) is 3.51. The summed E-state index contributed by atoms with van der Waals surface area (Å²) in [7, 11) is 0. The number of H-pyrrole nitrogens is 1. The third kappa shape index (κ3) is 5.00. The molecule has 0 atom stereocenters. The molecule has 1 saturated heterocycles. The van der Waals surface area contributed by atoms with E-state index in [-0.39, 0.29) is 11.6 Å². The zero-order valence-corrected chi connectivity index (χ0v) is 20.0. The standard InChI is InChI=1S/C28H29N5O3/c29-14-13-19-3-7-21(8-4-19)27(26-24-17-23(33(35)36)11-12-25(24)31-28(26)34)30-22-9-5-20(6-10-22)18-32-15-1-2-16-32/h3-12,17,31,34H,1-2,13-16,18,29H2. The summed E-state index contributed by atoms with van der Waals surface area (Å²) in [5.41, 5.74) is 11.1. The second kappa shape index (κ2) is 10.3. The van der Waals surface area contributed by atoms with Crippen molar-refractivity contribution >= 4 is 28.0 Å². The molecule has 1 aromatic heterocycles. The number of rotatable bonds is 8. The minimum Gasteiger partial charge on any atom is -0.494 e. The van der Waals surface area contributed by atoms with Crippen LogP contribution in [0, 0.1) is 10.1 Å². The van der Waals surface area contributed by atoms with E-state index in [4.69, 9.17) is 10.7 Å². The Morgan fingerprint density at radius 3 is 2.39 bits per heavy atom. The maximum Gasteiger partial charge on any atom is 0.270 e. The van der Waals surface area contributed by atoms with Crippen LogP contribution in [0.1, 0.15) is 35.1 Å². The number of nitrogens with two attached hydrogens (primary N) is 1. The van der Waals surface area contributed by atoms with E-state index in [1.807, 2.05) is 36.4 Å². The highest BCUT2D eigenvalue weighted by atomic mass is 16.6. The Morgan fingerprint density at radius 1 is 1.03 bits per heavy atom. The Labute approximate surface area is 209 Å². The number of nitro groups is 1. The maximum absolute atomic E-state index is 11.4. The molecule has 1 fully saturated rings. The Morgan fingerprint density at radius 2 is 1.72 bits per heavy atom. The molecule has 8 nitrogen and oxygen atoms in total. The molecule has 4 N–H and O–H groups in total. The zero-order chi connectivity index (χ0) is 25.1. The molecule has 3 aromatic carbocycles. The molecule has 2 heterocycles. The van der Waals surface area contributed by atoms with Gasteiger partial charge in [0.2, 0.25) is 0 Å². The van der Waals surface area contributed by atoms with Crippen LogP contribution in [0.2, 0.25) is 0 Å². The van der Waals surface area contributed by atoms with Crippen LogP contribution in [0.5, 0.6) is 5.88 Å². The fraction of sp³-hybridized carbons (Fsp3) is 0.250. The van der Waals surface area contributed by atoms with E-state index in [2.05, 4.69) is 22.0 Å². The van der Waals surface area contributed by atoms with Crippen LogP contribution in [0.15, 0.2) is 71.7 Å². The van der Waals surface area contributed by atoms with E-state index in [0.29, 0.717) is 28.7 Å². The molecule has 0 bridgehead atoms. The summed E-state index contributed by atoms with van der Waals surface area (Å²) < 4.78 is 0. The van der Waals surface area contributed by atoms with Crippen molar-refractivity contribution in [2.45, 2.75) is 25.8 Å². The molecule has 184 valence electrons. The molecule has 4 aromatic rings. The number of benzene rings is 3. The topological polar surface area (TPSA) is 121 Å². The number of nitrogens with zero attached hydrogens (tertiary/aromatic N) is 3. The van der Waals surface area contributed by atoms with Crippen molar-refractivity contribution in [3.63, 3.8) is 0 Å². The first-order valence-corrected chi connectivity index (χ1v) is 12.2. The number of fused-ring (bicyclic) bond motifs is 1. The van der Waals surface area contributed by atoms with Gasteiger partial charge in [0.25, 0.3) is 5.69 Å². The number of nitrogens with one attached hydrogen (secondary N) is 1. The average molecular weight is 484 g/mol. The van der Waals surface area contributed by atoms with Gasteiger partial charge in [0.05, 0.1) is 21.9 Å². The number of aromatic nitrogens is 1. The predicted octanol–water partition coefficient (Wildman–Crippen LogP) is 5.05. The third-order valence-electron chi connectivity index (χ3n) is 6.65. The normalized spacial score (nSPS) is 14.5. The lowest BCUT2D eigenvalue weighted by atomic mass is 9.98. The Hall–Kier alpha value is -4.01. The summed E-state index contributed by atoms with van der Waals surface area (Å²) in [5, 5.41) is 22.9. The summed E-state index contributed by atoms with van der Waals surface area (Å²) in [6.45, 7) is 3.75. The lowest BCUT2D eigenvalue weighted by Crippen LogP contribution is -2.18. The molecule has 5 rings (SSSR count). The van der Waals surface area contributed by atoms with Crippen LogP contribution in [0.3, 0.4) is 0 Å². The van der Waals surface area contributed by atoms with Crippen LogP contribution < -0.4 is 5.73 Å². The summed E-state index contributed by atoms with van der Waals surface area (Å²) in [4.78, 5) is 21.3. The van der Waals surface area contributed by atoms with Crippen LogP contribution in [0.25, 0.3) is 10.9 Å². The molecule has 0 unspecified atom stereocenters. The van der Waals surface area contributed by atoms with Crippen molar-refractivity contribution in [1.29, 1.82) is 0 Å². The van der Waals surface area contributed by atoms with E-state index < -0.39 is 4.92 Å². The fourth-order valence-corrected chi connectivity index (χ4v) is 4.78. The van der Waals surface area contributed by atoms with Crippen LogP contribution >= 0.6 is 0 Å². The molecular formula is C28H29N5O3. The fourth-order valence-electron chi connectivity index (χ4n) is 4.78. The van der Waals surface area contributed by atoms with Crippen LogP contribution in [-0.2, 0) is 13.0 Å². The van der Waals surface area contributed by atoms with Gasteiger partial charge >= 0.3 is 0 Å². The SMILES string of the molecule is NCCc1ccc(C(=Nc2ccc(CN3CCCC3)cc2)c2c(O)[nH]c3ccc([N+](=O)[O-])cc23)cc1. The molecule has 8 heteroatoms. The minimum atomic E-state index is -0.440. The highest BCUT2D eigenvalue weighted by Gasteiger charge is 2.21. The number of hydrogen-bond acceptors (Lipinski definition) is 6. The van der Waals surface area contributed by atoms with Crippen molar-refractivity contribution in [1.82, 2.24) is 9.88 Å². The monoisotopic (exact) mass is 483 g/mol. The number of nitro benzene ring substituents is 1. The van der Waals surface area contributed by atoms with E-state index in [1.54, 1.807) is 6.07 Å². The zero-order valence-electron chi connectivity index (χ0n) is 20.0. The van der Waals surface area contributed by atoms with E-state index in [1.165, 1.54) is 30.5 Å². The third-order valence-corrected chi connectivity index (χ3v) is 6.65. The van der Waals surface area contributed by atoms with Gasteiger partial charge in [0.1, 0.15) is 0 Å². The van der Waals surface area contributed by atoms with Gasteiger partial charge in [-0.05, 0) is 68.2 Å². The summed E-state index contributed by atoms with van der Waals surface area (Å²) >= 11 is 0. The van der Waals surface area contributed by atoms with Gasteiger partial charge in [-0.15, -0.1) is 0 Å². The Bertz CT molecular complexity index is 1400. The number of aromatic amines is 1. The van der Waals surface area contributed by atoms with Gasteiger partial charge in [0, 0.05) is 35.1 Å². The van der Waals surface area contributed by atoms with E-state index in [9.17, 15) is 15.2 Å². The van der Waals surface area contributed by atoms with Crippen molar-refractivity contribution in [2.75, 3.05) is 19.6 Å². The first-order chi connectivity index (χ1) is 17.5. The predicted molar refractivity (Wildman–Crippen MR) is 142 cm³/mol. The van der Waals surface area contributed by atoms with Crippen molar-refractivity contribution in [3.8, 4) is 5.88 Å². The lowest BCUT2D eigenvalue weighted by Gasteiger charge is -2.14. The van der Waals surface area contributed by atoms with Gasteiger partial charge in [-0.25, -0.2) is 4.99 Å². The van der Waals surface area contributed by atoms with Crippen molar-refractivity contribution in [3.05, 3.63) is 99.1 Å². The van der Waals surface area contributed by atoms with Gasteiger partial charge < -0.3 is 15.8 Å². The van der Waals surface area contributed by atoms with E-state index >= 15 is 0 Å². The molecule has 1 aliphatic rings. The molecule has 1 aliphatic heterocycles. The molecule has 0 radical (unpaired) electrons. The first kappa shape index (κ1) is 23.7. The highest BCUT2D eigenvalue weighted by Crippen LogP contribution is 2.34. The molecule has 0 amide bonds. The van der Waals surface area contributed by atoms with Gasteiger partial charge in [-0.3, -0.25) is 15.0 Å². The quantitative estimate of drug-likeness (QED) is 0.184. The lowest BCUT2D eigenvalue weighted by molar-refractivity contribution is -0.384. The van der Waals surface area contributed by atoms with Gasteiger partial charge in [-0.1, -0.05) is 36.4 Å². The number of non-ortho nitro benzene ring substituents is 1. The van der Waals surface area contributed by atoms with Crippen molar-refractivity contribution < 1.29 is 10.0 Å². The number of aliphatic imine (C=N–C) groups is 1. The molecule has 36 heavy (non-hydrogen) atoms. The number of hydrogen-bond donors (Lipinski definition) is 3. The molecule has 0 spiro atoms. The first-order valence-electron chi connectivity index (χ1n) is 12.2. The van der Waals surface area contributed by atoms with Gasteiger partial charge in [0.15, 0.2) is 5.88 Å². The molecule has 0 aliphatic carbocycles. The minimum absolute atomic E-state index is 0.0494. The Balaban J connectivity index is 1.59. The summed E-state index contributed by atoms with van der Waals surface area (Å²) in [6, 6.07) is 20.5. The number of aromatic hydroxyl groups is 1. The Kier molecular flexibility index (Phi) is 6.79.